The summed E-state index contributed by atoms with van der Waals surface area (Å²) in [6.45, 7) is 11.0. The Labute approximate surface area is 79.6 Å². The molecule has 0 fully saturated rings. The van der Waals surface area contributed by atoms with Crippen molar-refractivity contribution in [2.24, 2.45) is 0 Å². The zero-order valence-corrected chi connectivity index (χ0v) is 8.32. The second kappa shape index (κ2) is 10.6. The first-order chi connectivity index (χ1) is 6.20. The molecule has 0 aliphatic carbocycles. The molecule has 0 aliphatic heterocycles. The van der Waals surface area contributed by atoms with E-state index in [4.69, 9.17) is 0 Å². The lowest BCUT2D eigenvalue weighted by Crippen LogP contribution is -2.00. The summed E-state index contributed by atoms with van der Waals surface area (Å²) >= 11 is 0. The highest BCUT2D eigenvalue weighted by Gasteiger charge is 1.97. The molecular formula is C10H17NO2. The molecule has 0 unspecified atom stereocenters. The molecule has 0 heterocycles. The van der Waals surface area contributed by atoms with E-state index in [0.29, 0.717) is 6.42 Å². The van der Waals surface area contributed by atoms with Crippen molar-refractivity contribution in [3.05, 3.63) is 47.1 Å². The van der Waals surface area contributed by atoms with Crippen molar-refractivity contribution in [2.75, 3.05) is 6.54 Å². The van der Waals surface area contributed by atoms with Gasteiger partial charge >= 0.3 is 0 Å². The summed E-state index contributed by atoms with van der Waals surface area (Å²) < 4.78 is 0. The van der Waals surface area contributed by atoms with Crippen LogP contribution in [-0.4, -0.2) is 11.5 Å². The summed E-state index contributed by atoms with van der Waals surface area (Å²) in [5.74, 6) is 0. The summed E-state index contributed by atoms with van der Waals surface area (Å²) in [4.78, 5) is 9.60. The smallest absolute Gasteiger partial charge is 0.207 e. The van der Waals surface area contributed by atoms with Crippen molar-refractivity contribution in [1.29, 1.82) is 0 Å². The summed E-state index contributed by atoms with van der Waals surface area (Å²) in [5.41, 5.74) is 0.844. The van der Waals surface area contributed by atoms with E-state index in [1.165, 1.54) is 0 Å². The van der Waals surface area contributed by atoms with Crippen LogP contribution >= 0.6 is 0 Å². The molecule has 0 amide bonds. The van der Waals surface area contributed by atoms with Crippen LogP contribution in [0, 0.1) is 10.1 Å². The van der Waals surface area contributed by atoms with Crippen molar-refractivity contribution in [2.45, 2.75) is 20.3 Å². The van der Waals surface area contributed by atoms with Crippen molar-refractivity contribution >= 4 is 0 Å². The predicted octanol–water partition coefficient (Wildman–Crippen LogP) is 2.98. The maximum Gasteiger partial charge on any atom is 0.207 e. The van der Waals surface area contributed by atoms with Crippen LogP contribution in [0.1, 0.15) is 20.3 Å². The molecule has 0 N–H and O–H groups in total. The van der Waals surface area contributed by atoms with Gasteiger partial charge in [0.25, 0.3) is 0 Å². The molecule has 0 atom stereocenters. The highest BCUT2D eigenvalue weighted by Crippen LogP contribution is 2.01. The molecule has 0 aliphatic rings. The zero-order valence-electron chi connectivity index (χ0n) is 8.32. The van der Waals surface area contributed by atoms with Gasteiger partial charge in [-0.15, -0.1) is 0 Å². The van der Waals surface area contributed by atoms with Gasteiger partial charge in [-0.3, -0.25) is 10.1 Å². The number of nitrogens with zero attached hydrogens (tertiary/aromatic N) is 1. The fourth-order valence-corrected chi connectivity index (χ4v) is 0.625. The van der Waals surface area contributed by atoms with Gasteiger partial charge in [0.2, 0.25) is 6.54 Å². The van der Waals surface area contributed by atoms with Crippen molar-refractivity contribution in [3.63, 3.8) is 0 Å². The molecule has 0 aromatic heterocycles. The molecule has 3 heteroatoms. The van der Waals surface area contributed by atoms with Crippen LogP contribution in [0.15, 0.2) is 37.0 Å². The average Bonchev–Trinajstić information content (AvgIpc) is 2.15. The molecule has 0 aromatic carbocycles. The molecule has 0 radical (unpaired) electrons. The van der Waals surface area contributed by atoms with E-state index in [0.717, 1.165) is 5.57 Å². The number of allylic oxidation sites excluding steroid dienone is 3. The lowest BCUT2D eigenvalue weighted by molar-refractivity contribution is -0.479. The standard InChI is InChI=1S/C8H11NO2.C2H6/c1-3-5-8(4-2)6-7-9(10)11;1-2/h3-5H,1-2,6-7H2;1-2H3/b8-5+;. The van der Waals surface area contributed by atoms with Crippen molar-refractivity contribution < 1.29 is 4.92 Å². The minimum atomic E-state index is -0.347. The molecule has 0 rings (SSSR count). The van der Waals surface area contributed by atoms with Crippen LogP contribution in [0.3, 0.4) is 0 Å². The first-order valence-corrected chi connectivity index (χ1v) is 4.26. The number of rotatable bonds is 5. The summed E-state index contributed by atoms with van der Waals surface area (Å²) in [6.07, 6.45) is 5.33. The Morgan fingerprint density at radius 1 is 1.46 bits per heavy atom. The first kappa shape index (κ1) is 14.2. The molecular weight excluding hydrogens is 166 g/mol. The Morgan fingerprint density at radius 2 is 2.00 bits per heavy atom. The Bertz CT molecular complexity index is 195. The van der Waals surface area contributed by atoms with E-state index in [9.17, 15) is 10.1 Å². The molecule has 3 nitrogen and oxygen atoms in total. The highest BCUT2D eigenvalue weighted by molar-refractivity contribution is 5.20. The SMILES string of the molecule is C=C/C=C(\C=C)CC[N+](=O)[O-].CC. The third-order valence-electron chi connectivity index (χ3n) is 1.18. The maximum atomic E-state index is 9.94. The molecule has 0 saturated carbocycles. The number of hydrogen-bond acceptors (Lipinski definition) is 2. The minimum absolute atomic E-state index is 0.0499. The van der Waals surface area contributed by atoms with Gasteiger partial charge in [-0.2, -0.15) is 0 Å². The molecule has 13 heavy (non-hydrogen) atoms. The third-order valence-corrected chi connectivity index (χ3v) is 1.18. The van der Waals surface area contributed by atoms with Crippen LogP contribution in [-0.2, 0) is 0 Å². The van der Waals surface area contributed by atoms with Crippen LogP contribution in [0.2, 0.25) is 0 Å². The van der Waals surface area contributed by atoms with E-state index in [2.05, 4.69) is 13.2 Å². The van der Waals surface area contributed by atoms with E-state index in [1.807, 2.05) is 13.8 Å². The van der Waals surface area contributed by atoms with Crippen molar-refractivity contribution in [3.8, 4) is 0 Å². The molecule has 0 bridgehead atoms. The normalized spacial score (nSPS) is 9.54. The first-order valence-electron chi connectivity index (χ1n) is 4.26. The van der Waals surface area contributed by atoms with Gasteiger partial charge in [0, 0.05) is 11.3 Å². The second-order valence-corrected chi connectivity index (χ2v) is 1.99. The topological polar surface area (TPSA) is 43.1 Å². The summed E-state index contributed by atoms with van der Waals surface area (Å²) in [5, 5.41) is 9.94. The van der Waals surface area contributed by atoms with Gasteiger partial charge < -0.3 is 0 Å². The number of hydrogen-bond donors (Lipinski definition) is 0. The third kappa shape index (κ3) is 10.6. The van der Waals surface area contributed by atoms with Gasteiger partial charge in [-0.25, -0.2) is 0 Å². The largest absolute Gasteiger partial charge is 0.265 e. The minimum Gasteiger partial charge on any atom is -0.265 e. The Morgan fingerprint density at radius 3 is 2.31 bits per heavy atom. The summed E-state index contributed by atoms with van der Waals surface area (Å²) in [6, 6.07) is 0. The van der Waals surface area contributed by atoms with Gasteiger partial charge in [0.1, 0.15) is 0 Å². The van der Waals surface area contributed by atoms with E-state index >= 15 is 0 Å². The quantitative estimate of drug-likeness (QED) is 0.373. The highest BCUT2D eigenvalue weighted by atomic mass is 16.6. The molecule has 0 aromatic rings. The molecule has 0 saturated heterocycles. The van der Waals surface area contributed by atoms with E-state index in [-0.39, 0.29) is 11.5 Å². The van der Waals surface area contributed by atoms with Gasteiger partial charge in [-0.1, -0.05) is 45.2 Å². The molecule has 0 spiro atoms. The Kier molecular flexibility index (Phi) is 11.6. The van der Waals surface area contributed by atoms with Crippen LogP contribution in [0.25, 0.3) is 0 Å². The Hall–Kier alpha value is -1.38. The summed E-state index contributed by atoms with van der Waals surface area (Å²) in [7, 11) is 0. The molecule has 74 valence electrons. The predicted molar refractivity (Wildman–Crippen MR) is 56.3 cm³/mol. The lowest BCUT2D eigenvalue weighted by Gasteiger charge is -1.94. The van der Waals surface area contributed by atoms with Crippen molar-refractivity contribution in [1.82, 2.24) is 0 Å². The van der Waals surface area contributed by atoms with E-state index < -0.39 is 0 Å². The monoisotopic (exact) mass is 183 g/mol. The second-order valence-electron chi connectivity index (χ2n) is 1.99. The fraction of sp³-hybridized carbons (Fsp3) is 0.400. The Balaban J connectivity index is 0. The zero-order chi connectivity index (χ0) is 10.7. The maximum absolute atomic E-state index is 9.94. The number of nitro groups is 1. The van der Waals surface area contributed by atoms with Crippen LogP contribution in [0.4, 0.5) is 0 Å². The van der Waals surface area contributed by atoms with Crippen LogP contribution in [0.5, 0.6) is 0 Å². The fourth-order valence-electron chi connectivity index (χ4n) is 0.625. The van der Waals surface area contributed by atoms with E-state index in [1.54, 1.807) is 18.2 Å². The average molecular weight is 183 g/mol. The lowest BCUT2D eigenvalue weighted by atomic mass is 10.2. The van der Waals surface area contributed by atoms with Crippen LogP contribution < -0.4 is 0 Å². The van der Waals surface area contributed by atoms with Gasteiger partial charge in [-0.05, 0) is 5.57 Å². The van der Waals surface area contributed by atoms with Gasteiger partial charge in [0.15, 0.2) is 0 Å². The van der Waals surface area contributed by atoms with Gasteiger partial charge in [0.05, 0.1) is 0 Å².